The number of ether oxygens (including phenoxy) is 3. The van der Waals surface area contributed by atoms with Gasteiger partial charge in [-0.1, -0.05) is 18.2 Å². The molecule has 6 rings (SSSR count). The Balaban J connectivity index is 0.00000580. The number of amides is 2. The molecule has 55 heavy (non-hydrogen) atoms. The number of fused-ring (bicyclic) bond motifs is 2. The summed E-state index contributed by atoms with van der Waals surface area (Å²) in [6, 6.07) is 24.6. The van der Waals surface area contributed by atoms with Crippen LogP contribution in [-0.2, 0) is 0 Å². The van der Waals surface area contributed by atoms with Crippen molar-refractivity contribution in [1.29, 1.82) is 0 Å². The molecule has 2 aliphatic rings. The topological polar surface area (TPSA) is 143 Å². The number of halogens is 1. The van der Waals surface area contributed by atoms with E-state index in [9.17, 15) is 19.5 Å². The van der Waals surface area contributed by atoms with Gasteiger partial charge in [-0.05, 0) is 54.1 Å². The predicted molar refractivity (Wildman–Crippen MR) is 208 cm³/mol. The van der Waals surface area contributed by atoms with Gasteiger partial charge in [0.2, 0.25) is 5.36 Å². The molecule has 0 spiro atoms. The van der Waals surface area contributed by atoms with Crippen molar-refractivity contribution in [1.82, 2.24) is 15.2 Å². The highest BCUT2D eigenvalue weighted by atomic mass is 35.5. The standard InChI is InChI=1S/C42H40N4O8.ClH/c1-43-40(48)29-17-19-31(51-7)38(47)36(29)37-30(41(49)44-2)18-20-32(52-8)39(37)54-42(50)26-12-10-9-11-25(26)35-27-15-13-23(45(3)4)21-33(27)53-34-22-24(46(5)6)14-16-28(34)35;/h9-22H,1-8H3,(H2-,43,44,47,48,49);1H. The van der Waals surface area contributed by atoms with E-state index >= 15 is 0 Å². The van der Waals surface area contributed by atoms with Crippen LogP contribution in [-0.4, -0.2) is 79.4 Å². The van der Waals surface area contributed by atoms with E-state index in [1.165, 1.54) is 52.6 Å². The summed E-state index contributed by atoms with van der Waals surface area (Å²) in [5.41, 5.74) is 3.64. The van der Waals surface area contributed by atoms with Crippen molar-refractivity contribution in [3.63, 3.8) is 0 Å². The van der Waals surface area contributed by atoms with Gasteiger partial charge in [-0.3, -0.25) is 9.59 Å². The molecule has 0 saturated carbocycles. The lowest BCUT2D eigenvalue weighted by atomic mass is 9.90. The molecule has 12 nitrogen and oxygen atoms in total. The highest BCUT2D eigenvalue weighted by Gasteiger charge is 2.31. The molecule has 0 fully saturated rings. The first kappa shape index (κ1) is 39.7. The van der Waals surface area contributed by atoms with Gasteiger partial charge in [0, 0.05) is 73.7 Å². The molecular formula is C42H41ClN4O8. The number of hydrogen-bond donors (Lipinski definition) is 3. The van der Waals surface area contributed by atoms with E-state index in [0.29, 0.717) is 16.9 Å². The van der Waals surface area contributed by atoms with E-state index in [4.69, 9.17) is 18.6 Å². The molecule has 0 radical (unpaired) electrons. The van der Waals surface area contributed by atoms with Gasteiger partial charge in [0.15, 0.2) is 23.0 Å². The highest BCUT2D eigenvalue weighted by Crippen LogP contribution is 2.49. The second kappa shape index (κ2) is 16.2. The van der Waals surface area contributed by atoms with E-state index in [1.54, 1.807) is 12.1 Å². The average Bonchev–Trinajstić information content (AvgIpc) is 3.18. The quantitative estimate of drug-likeness (QED) is 0.0877. The first-order chi connectivity index (χ1) is 25.9. The second-order valence-electron chi connectivity index (χ2n) is 12.8. The fourth-order valence-corrected chi connectivity index (χ4v) is 6.45. The number of carbonyl (C=O) groups is 3. The monoisotopic (exact) mass is 764 g/mol. The summed E-state index contributed by atoms with van der Waals surface area (Å²) in [4.78, 5) is 43.3. The number of nitrogens with one attached hydrogen (secondary N) is 2. The second-order valence-corrected chi connectivity index (χ2v) is 12.8. The number of carbonyl (C=O) groups excluding carboxylic acids is 3. The van der Waals surface area contributed by atoms with Crippen LogP contribution < -0.4 is 52.1 Å². The van der Waals surface area contributed by atoms with Crippen molar-refractivity contribution in [2.45, 2.75) is 0 Å². The van der Waals surface area contributed by atoms with E-state index in [0.717, 1.165) is 27.6 Å². The van der Waals surface area contributed by atoms with Gasteiger partial charge >= 0.3 is 5.97 Å². The maximum absolute atomic E-state index is 14.7. The summed E-state index contributed by atoms with van der Waals surface area (Å²) in [6.07, 6.45) is 0. The van der Waals surface area contributed by atoms with Crippen LogP contribution in [0, 0.1) is 0 Å². The first-order valence-corrected chi connectivity index (χ1v) is 17.0. The Labute approximate surface area is 324 Å². The molecule has 2 amide bonds. The zero-order valence-electron chi connectivity index (χ0n) is 31.7. The lowest BCUT2D eigenvalue weighted by molar-refractivity contribution is -0.0000404. The number of anilines is 1. The van der Waals surface area contributed by atoms with Crippen molar-refractivity contribution in [2.75, 3.05) is 61.4 Å². The molecular weight excluding hydrogens is 724 g/mol. The number of benzene rings is 5. The Bertz CT molecular complexity index is 2510. The summed E-state index contributed by atoms with van der Waals surface area (Å²) in [7, 11) is 13.4. The van der Waals surface area contributed by atoms with Crippen LogP contribution in [0.4, 0.5) is 5.69 Å². The molecule has 3 N–H and O–H groups in total. The number of esters is 1. The number of rotatable bonds is 9. The number of phenols is 1. The summed E-state index contributed by atoms with van der Waals surface area (Å²) in [5, 5.41) is 18.4. The van der Waals surface area contributed by atoms with Crippen molar-refractivity contribution >= 4 is 34.4 Å². The number of aromatic hydroxyl groups is 1. The first-order valence-electron chi connectivity index (χ1n) is 17.0. The van der Waals surface area contributed by atoms with Gasteiger partial charge in [0.1, 0.15) is 25.4 Å². The Kier molecular flexibility index (Phi) is 11.7. The number of nitrogens with zero attached hydrogens (tertiary/aromatic N) is 2. The van der Waals surface area contributed by atoms with Crippen molar-refractivity contribution in [3.8, 4) is 56.6 Å². The Morgan fingerprint density at radius 3 is 1.98 bits per heavy atom. The molecule has 0 saturated heterocycles. The number of methoxy groups -OCH3 is 2. The maximum Gasteiger partial charge on any atom is 0.344 e. The summed E-state index contributed by atoms with van der Waals surface area (Å²) in [5.74, 6) is -1.88. The molecule has 13 heteroatoms. The van der Waals surface area contributed by atoms with Crippen LogP contribution in [0.3, 0.4) is 0 Å². The third-order valence-corrected chi connectivity index (χ3v) is 9.23. The molecule has 4 aromatic rings. The predicted octanol–water partition coefficient (Wildman–Crippen LogP) is 2.63. The van der Waals surface area contributed by atoms with Crippen molar-refractivity contribution < 1.29 is 50.5 Å². The minimum atomic E-state index is -0.792. The lowest BCUT2D eigenvalue weighted by Gasteiger charge is -2.22. The van der Waals surface area contributed by atoms with Gasteiger partial charge < -0.3 is 51.7 Å². The summed E-state index contributed by atoms with van der Waals surface area (Å²) >= 11 is 0. The normalized spacial score (nSPS) is 10.7. The molecule has 0 unspecified atom stereocenters. The van der Waals surface area contributed by atoms with Crippen molar-refractivity contribution in [2.24, 2.45) is 0 Å². The van der Waals surface area contributed by atoms with Crippen LogP contribution in [0.2, 0.25) is 0 Å². The minimum Gasteiger partial charge on any atom is -1.00 e. The van der Waals surface area contributed by atoms with Crippen LogP contribution in [0.5, 0.6) is 23.0 Å². The maximum atomic E-state index is 14.7. The molecule has 1 aliphatic carbocycles. The molecule has 4 aromatic carbocycles. The smallest absolute Gasteiger partial charge is 0.344 e. The van der Waals surface area contributed by atoms with Gasteiger partial charge in [0.05, 0.1) is 37.0 Å². The summed E-state index contributed by atoms with van der Waals surface area (Å²) in [6.45, 7) is 0. The number of hydrogen-bond acceptors (Lipinski definition) is 9. The van der Waals surface area contributed by atoms with Crippen LogP contribution in [0.1, 0.15) is 31.1 Å². The summed E-state index contributed by atoms with van der Waals surface area (Å²) < 4.78 is 25.8. The van der Waals surface area contributed by atoms with Gasteiger partial charge in [-0.25, -0.2) is 9.37 Å². The average molecular weight is 765 g/mol. The van der Waals surface area contributed by atoms with Gasteiger partial charge in [0.25, 0.3) is 11.8 Å². The minimum absolute atomic E-state index is 0. The van der Waals surface area contributed by atoms with E-state index < -0.39 is 23.5 Å². The largest absolute Gasteiger partial charge is 1.00 e. The molecule has 284 valence electrons. The fraction of sp³-hybridized carbons (Fsp3) is 0.190. The Morgan fingerprint density at radius 2 is 1.36 bits per heavy atom. The molecule has 1 heterocycles. The Hall–Kier alpha value is -6.53. The SMILES string of the molecule is CNC(=O)c1ccc(OC)c(O)c1-c1c(C(=O)NC)ccc(OC)c1OC(=O)c1ccccc1-c1c2ccc(=[N+](C)C)cc-2oc2cc(N(C)C)ccc12.[Cl-]. The van der Waals surface area contributed by atoms with E-state index in [1.807, 2.05) is 86.2 Å². The third kappa shape index (κ3) is 7.24. The van der Waals surface area contributed by atoms with Gasteiger partial charge in [-0.2, -0.15) is 0 Å². The third-order valence-electron chi connectivity index (χ3n) is 9.23. The van der Waals surface area contributed by atoms with E-state index in [2.05, 4.69) is 10.6 Å². The van der Waals surface area contributed by atoms with E-state index in [-0.39, 0.29) is 57.5 Å². The van der Waals surface area contributed by atoms with Crippen LogP contribution >= 0.6 is 0 Å². The van der Waals surface area contributed by atoms with Gasteiger partial charge in [-0.15, -0.1) is 0 Å². The lowest BCUT2D eigenvalue weighted by Crippen LogP contribution is -3.00. The molecule has 0 atom stereocenters. The van der Waals surface area contributed by atoms with Crippen molar-refractivity contribution in [3.05, 3.63) is 107 Å². The zero-order valence-corrected chi connectivity index (χ0v) is 32.4. The van der Waals surface area contributed by atoms with Crippen LogP contribution in [0.15, 0.2) is 89.3 Å². The molecule has 0 aromatic heterocycles. The number of phenolic OH excluding ortho intramolecular Hbond substituents is 1. The molecule has 1 aliphatic heterocycles. The zero-order chi connectivity index (χ0) is 38.8. The fourth-order valence-electron chi connectivity index (χ4n) is 6.45. The highest BCUT2D eigenvalue weighted by molar-refractivity contribution is 6.12. The Morgan fingerprint density at radius 1 is 0.727 bits per heavy atom. The molecule has 0 bridgehead atoms. The van der Waals surface area contributed by atoms with Crippen LogP contribution in [0.25, 0.3) is 44.5 Å².